The Bertz CT molecular complexity index is 1700. The molecular formula is C41H56N6O6. The van der Waals surface area contributed by atoms with Gasteiger partial charge >= 0.3 is 5.97 Å². The standard InChI is InChI=1S/C41H56N6O6/c1-39-13-12-35(49)40(2,25-48)32(39)24-34(47-17-19-51-20-18-47)41(26-52-41)33(39)23-31(45-36-7-5-6-14-43-36)30-22-29(53-38(30)50)21-27-8-10-28(11-9-27)37(42)44-15-16-46(3)4/h5-11,14,21-22,31-35,48-49H,12-13,15-20,23-26H2,1-4H3,(H2,42,44)(H,43,45)/t31?,32?,33?,34?,35-,39+,40+,41?/m1/s1. The first-order valence-electron chi connectivity index (χ1n) is 19.1. The predicted molar refractivity (Wildman–Crippen MR) is 204 cm³/mol. The lowest BCUT2D eigenvalue weighted by Crippen LogP contribution is -2.68. The average Bonchev–Trinajstić information content (AvgIpc) is 3.86. The van der Waals surface area contributed by atoms with E-state index in [0.717, 1.165) is 43.6 Å². The topological polar surface area (TPSA) is 158 Å². The number of nitrogens with zero attached hydrogens (tertiary/aromatic N) is 4. The van der Waals surface area contributed by atoms with E-state index in [4.69, 9.17) is 19.9 Å². The van der Waals surface area contributed by atoms with Crippen molar-refractivity contribution in [3.63, 3.8) is 0 Å². The maximum absolute atomic E-state index is 13.8. The van der Waals surface area contributed by atoms with Crippen LogP contribution < -0.4 is 11.1 Å². The number of anilines is 1. The molecule has 2 saturated carbocycles. The second-order valence-corrected chi connectivity index (χ2v) is 16.3. The molecule has 8 atom stereocenters. The fourth-order valence-electron chi connectivity index (χ4n) is 9.84. The summed E-state index contributed by atoms with van der Waals surface area (Å²) in [4.78, 5) is 27.5. The van der Waals surface area contributed by atoms with Crippen molar-refractivity contribution in [3.05, 3.63) is 77.2 Å². The van der Waals surface area contributed by atoms with Crippen LogP contribution in [0.1, 0.15) is 50.7 Å². The van der Waals surface area contributed by atoms with Crippen molar-refractivity contribution in [2.45, 2.75) is 63.3 Å². The third kappa shape index (κ3) is 7.42. The molecule has 2 aromatic rings. The van der Waals surface area contributed by atoms with E-state index in [2.05, 4.69) is 38.9 Å². The summed E-state index contributed by atoms with van der Waals surface area (Å²) >= 11 is 0. The van der Waals surface area contributed by atoms with E-state index in [1.54, 1.807) is 6.20 Å². The average molecular weight is 729 g/mol. The molecule has 12 heteroatoms. The molecule has 4 fully saturated rings. The minimum Gasteiger partial charge on any atom is -0.423 e. The number of nitrogens with one attached hydrogen (secondary N) is 1. The molecule has 286 valence electrons. The van der Waals surface area contributed by atoms with Crippen LogP contribution in [-0.2, 0) is 19.0 Å². The lowest BCUT2D eigenvalue weighted by molar-refractivity contribution is -0.197. The lowest BCUT2D eigenvalue weighted by atomic mass is 9.43. The van der Waals surface area contributed by atoms with E-state index in [1.807, 2.05) is 68.7 Å². The molecule has 0 amide bonds. The molecule has 5 N–H and O–H groups in total. The number of aliphatic imine (C=N–C) groups is 1. The van der Waals surface area contributed by atoms with Crippen molar-refractivity contribution in [3.8, 4) is 0 Å². The Morgan fingerprint density at radius 1 is 1.19 bits per heavy atom. The fraction of sp³-hybridized carbons (Fsp3) is 0.585. The molecule has 1 spiro atoms. The number of rotatable bonds is 12. The molecule has 3 aliphatic heterocycles. The maximum Gasteiger partial charge on any atom is 0.341 e. The number of fused-ring (bicyclic) bond motifs is 1. The molecule has 1 aromatic heterocycles. The monoisotopic (exact) mass is 728 g/mol. The number of amidine groups is 1. The van der Waals surface area contributed by atoms with Crippen molar-refractivity contribution >= 4 is 23.7 Å². The van der Waals surface area contributed by atoms with E-state index in [9.17, 15) is 15.0 Å². The highest BCUT2D eigenvalue weighted by atomic mass is 16.6. The number of aliphatic hydroxyl groups excluding tert-OH is 2. The van der Waals surface area contributed by atoms with E-state index in [1.165, 1.54) is 0 Å². The number of carbonyl (C=O) groups is 1. The summed E-state index contributed by atoms with van der Waals surface area (Å²) in [6, 6.07) is 13.1. The number of hydrogen-bond donors (Lipinski definition) is 4. The van der Waals surface area contributed by atoms with Gasteiger partial charge in [0.05, 0.1) is 50.7 Å². The molecule has 12 nitrogen and oxygen atoms in total. The van der Waals surface area contributed by atoms with Gasteiger partial charge in [-0.05, 0) is 86.9 Å². The van der Waals surface area contributed by atoms with Crippen molar-refractivity contribution in [2.24, 2.45) is 33.4 Å². The molecule has 5 aliphatic rings. The zero-order valence-electron chi connectivity index (χ0n) is 31.5. The van der Waals surface area contributed by atoms with Gasteiger partial charge in [0.15, 0.2) is 0 Å². The number of morpholine rings is 1. The number of nitrogens with two attached hydrogens (primary N) is 1. The van der Waals surface area contributed by atoms with Gasteiger partial charge in [0, 0.05) is 42.9 Å². The molecule has 4 heterocycles. The number of allylic oxidation sites excluding steroid dienone is 1. The van der Waals surface area contributed by atoms with E-state index >= 15 is 0 Å². The van der Waals surface area contributed by atoms with Crippen LogP contribution in [0.2, 0.25) is 0 Å². The van der Waals surface area contributed by atoms with Crippen LogP contribution in [0.5, 0.6) is 0 Å². The zero-order valence-corrected chi connectivity index (χ0v) is 31.5. The number of aliphatic hydroxyl groups is 2. The molecule has 0 radical (unpaired) electrons. The third-order valence-corrected chi connectivity index (χ3v) is 12.9. The number of ether oxygens (including phenoxy) is 3. The van der Waals surface area contributed by atoms with E-state index in [-0.39, 0.29) is 29.9 Å². The second kappa shape index (κ2) is 15.2. The van der Waals surface area contributed by atoms with Gasteiger partial charge in [0.1, 0.15) is 23.0 Å². The summed E-state index contributed by atoms with van der Waals surface area (Å²) in [6.07, 6.45) is 7.64. The Balaban J connectivity index is 1.22. The van der Waals surface area contributed by atoms with Crippen LogP contribution in [0.25, 0.3) is 6.08 Å². The summed E-state index contributed by atoms with van der Waals surface area (Å²) in [5, 5.41) is 25.9. The Hall–Kier alpha value is -3.65. The number of carbonyl (C=O) groups excluding carboxylic acids is 1. The second-order valence-electron chi connectivity index (χ2n) is 16.3. The van der Waals surface area contributed by atoms with Gasteiger partial charge in [-0.2, -0.15) is 0 Å². The van der Waals surface area contributed by atoms with Crippen LogP contribution in [0.3, 0.4) is 0 Å². The number of hydrogen-bond acceptors (Lipinski definition) is 11. The molecule has 0 bridgehead atoms. The Morgan fingerprint density at radius 3 is 2.60 bits per heavy atom. The predicted octanol–water partition coefficient (Wildman–Crippen LogP) is 3.31. The minimum absolute atomic E-state index is 0.000282. The normalized spacial score (nSPS) is 34.5. The van der Waals surface area contributed by atoms with Gasteiger partial charge in [0.25, 0.3) is 0 Å². The molecule has 2 saturated heterocycles. The van der Waals surface area contributed by atoms with Crippen LogP contribution in [0, 0.1) is 22.7 Å². The Kier molecular flexibility index (Phi) is 10.8. The van der Waals surface area contributed by atoms with Crippen molar-refractivity contribution in [2.75, 3.05) is 72.0 Å². The largest absolute Gasteiger partial charge is 0.423 e. The lowest BCUT2D eigenvalue weighted by Gasteiger charge is -2.64. The van der Waals surface area contributed by atoms with Crippen molar-refractivity contribution in [1.29, 1.82) is 0 Å². The summed E-state index contributed by atoms with van der Waals surface area (Å²) in [5.74, 6) is 1.25. The first-order valence-corrected chi connectivity index (χ1v) is 19.1. The van der Waals surface area contributed by atoms with Crippen molar-refractivity contribution < 1.29 is 29.2 Å². The van der Waals surface area contributed by atoms with Gasteiger partial charge in [-0.3, -0.25) is 9.89 Å². The zero-order chi connectivity index (χ0) is 37.4. The summed E-state index contributed by atoms with van der Waals surface area (Å²) in [7, 11) is 4.00. The molecule has 7 rings (SSSR count). The molecule has 2 aliphatic carbocycles. The number of cyclic esters (lactones) is 1. The van der Waals surface area contributed by atoms with E-state index < -0.39 is 29.1 Å². The summed E-state index contributed by atoms with van der Waals surface area (Å²) < 4.78 is 18.3. The number of likely N-dealkylation sites (N-methyl/N-ethyl adjacent to an activating group) is 1. The highest BCUT2D eigenvalue weighted by Gasteiger charge is 2.71. The molecule has 5 unspecified atom stereocenters. The highest BCUT2D eigenvalue weighted by Crippen LogP contribution is 2.67. The Labute approximate surface area is 313 Å². The number of esters is 1. The number of epoxide rings is 1. The van der Waals surface area contributed by atoms with Gasteiger partial charge < -0.3 is 40.4 Å². The van der Waals surface area contributed by atoms with Crippen LogP contribution in [0.15, 0.2) is 71.1 Å². The van der Waals surface area contributed by atoms with Gasteiger partial charge in [-0.25, -0.2) is 9.78 Å². The number of pyridine rings is 1. The van der Waals surface area contributed by atoms with Crippen LogP contribution in [0.4, 0.5) is 5.82 Å². The first-order chi connectivity index (χ1) is 25.5. The van der Waals surface area contributed by atoms with Crippen LogP contribution >= 0.6 is 0 Å². The minimum atomic E-state index is -0.671. The van der Waals surface area contributed by atoms with Gasteiger partial charge in [-0.1, -0.05) is 44.2 Å². The third-order valence-electron chi connectivity index (χ3n) is 12.9. The highest BCUT2D eigenvalue weighted by molar-refractivity contribution is 5.98. The maximum atomic E-state index is 13.8. The smallest absolute Gasteiger partial charge is 0.341 e. The summed E-state index contributed by atoms with van der Waals surface area (Å²) in [6.45, 7) is 9.29. The summed E-state index contributed by atoms with van der Waals surface area (Å²) in [5.41, 5.74) is 7.11. The SMILES string of the molecule is CN(C)CCN=C(N)c1ccc(C=C2C=C(C(CC3C4(CO4)C(N4CCOCC4)CC4[C@]3(C)CC[C@@H](O)[C@@]4(C)CO)Nc3ccccn3)C(=O)O2)cc1. The van der Waals surface area contributed by atoms with Gasteiger partial charge in [-0.15, -0.1) is 0 Å². The molecule has 1 aromatic carbocycles. The quantitative estimate of drug-likeness (QED) is 0.110. The van der Waals surface area contributed by atoms with Crippen molar-refractivity contribution in [1.82, 2.24) is 14.8 Å². The number of aromatic nitrogens is 1. The molecule has 53 heavy (non-hydrogen) atoms. The number of benzene rings is 1. The fourth-order valence-corrected chi connectivity index (χ4v) is 9.84. The Morgan fingerprint density at radius 2 is 1.94 bits per heavy atom. The molecular weight excluding hydrogens is 672 g/mol. The van der Waals surface area contributed by atoms with Gasteiger partial charge in [0.2, 0.25) is 0 Å². The van der Waals surface area contributed by atoms with E-state index in [0.29, 0.717) is 62.2 Å². The first kappa shape index (κ1) is 37.7. The van der Waals surface area contributed by atoms with Crippen LogP contribution in [-0.4, -0.2) is 127 Å².